The summed E-state index contributed by atoms with van der Waals surface area (Å²) in [6.45, 7) is 6.35. The van der Waals surface area contributed by atoms with Crippen molar-refractivity contribution in [2.45, 2.75) is 20.1 Å². The first kappa shape index (κ1) is 20.5. The van der Waals surface area contributed by atoms with E-state index < -0.39 is 0 Å². The number of carbonyl (C=O) groups excluding carboxylic acids is 1. The molecule has 1 saturated heterocycles. The van der Waals surface area contributed by atoms with Crippen molar-refractivity contribution in [2.24, 2.45) is 0 Å². The Morgan fingerprint density at radius 3 is 2.53 bits per heavy atom. The van der Waals surface area contributed by atoms with Crippen molar-refractivity contribution < 1.29 is 13.9 Å². The molecule has 0 aliphatic carbocycles. The monoisotopic (exact) mass is 424 g/mol. The van der Waals surface area contributed by atoms with Crippen molar-refractivity contribution >= 4 is 17.5 Å². The molecular formula is C24H25ClN2O3. The zero-order valence-corrected chi connectivity index (χ0v) is 17.8. The van der Waals surface area contributed by atoms with Crippen LogP contribution in [0.1, 0.15) is 27.4 Å². The fourth-order valence-corrected chi connectivity index (χ4v) is 3.68. The lowest BCUT2D eigenvalue weighted by atomic mass is 10.1. The normalized spacial score (nSPS) is 14.7. The van der Waals surface area contributed by atoms with E-state index in [9.17, 15) is 4.79 Å². The van der Waals surface area contributed by atoms with Gasteiger partial charge in [0.15, 0.2) is 5.76 Å². The third kappa shape index (κ3) is 5.23. The van der Waals surface area contributed by atoms with Crippen molar-refractivity contribution in [3.8, 4) is 5.75 Å². The molecule has 2 aromatic carbocycles. The van der Waals surface area contributed by atoms with Gasteiger partial charge in [-0.1, -0.05) is 47.5 Å². The maximum Gasteiger partial charge on any atom is 0.289 e. The Balaban J connectivity index is 1.27. The Kier molecular flexibility index (Phi) is 6.41. The second-order valence-corrected chi connectivity index (χ2v) is 8.00. The largest absolute Gasteiger partial charge is 0.486 e. The van der Waals surface area contributed by atoms with E-state index in [1.807, 2.05) is 17.0 Å². The van der Waals surface area contributed by atoms with E-state index >= 15 is 0 Å². The van der Waals surface area contributed by atoms with Crippen LogP contribution in [-0.4, -0.2) is 41.9 Å². The van der Waals surface area contributed by atoms with Gasteiger partial charge in [-0.25, -0.2) is 0 Å². The van der Waals surface area contributed by atoms with E-state index in [1.54, 1.807) is 24.3 Å². The number of benzene rings is 2. The minimum atomic E-state index is -0.0704. The third-order valence-electron chi connectivity index (χ3n) is 5.24. The maximum absolute atomic E-state index is 12.8. The standard InChI is InChI=1S/C24H25ClN2O3/c1-18-5-7-19(8-6-18)16-26-11-13-27(14-12-26)24(28)23-10-9-22(30-23)17-29-21-4-2-3-20(25)15-21/h2-10,15H,11-14,16-17H2,1H3. The fourth-order valence-electron chi connectivity index (χ4n) is 3.50. The topological polar surface area (TPSA) is 45.9 Å². The molecule has 5 nitrogen and oxygen atoms in total. The van der Waals surface area contributed by atoms with Crippen molar-refractivity contribution in [3.63, 3.8) is 0 Å². The Labute approximate surface area is 181 Å². The Morgan fingerprint density at radius 2 is 1.80 bits per heavy atom. The number of carbonyl (C=O) groups is 1. The van der Waals surface area contributed by atoms with Crippen LogP contribution >= 0.6 is 11.6 Å². The van der Waals surface area contributed by atoms with E-state index in [2.05, 4.69) is 36.1 Å². The average molecular weight is 425 g/mol. The van der Waals surface area contributed by atoms with Gasteiger partial charge in [-0.2, -0.15) is 0 Å². The van der Waals surface area contributed by atoms with Gasteiger partial charge in [0.05, 0.1) is 0 Å². The second-order valence-electron chi connectivity index (χ2n) is 7.57. The zero-order valence-electron chi connectivity index (χ0n) is 17.0. The van der Waals surface area contributed by atoms with Crippen LogP contribution in [0.5, 0.6) is 5.75 Å². The van der Waals surface area contributed by atoms with Gasteiger partial charge < -0.3 is 14.1 Å². The van der Waals surface area contributed by atoms with E-state index in [1.165, 1.54) is 11.1 Å². The van der Waals surface area contributed by atoms with Crippen LogP contribution in [0.3, 0.4) is 0 Å². The van der Waals surface area contributed by atoms with Gasteiger partial charge in [0, 0.05) is 37.7 Å². The highest BCUT2D eigenvalue weighted by Crippen LogP contribution is 2.20. The fraction of sp³-hybridized carbons (Fsp3) is 0.292. The Hall–Kier alpha value is -2.76. The maximum atomic E-state index is 12.8. The van der Waals surface area contributed by atoms with Crippen molar-refractivity contribution in [3.05, 3.63) is 88.3 Å². The van der Waals surface area contributed by atoms with Gasteiger partial charge in [-0.15, -0.1) is 0 Å². The van der Waals surface area contributed by atoms with Crippen LogP contribution in [-0.2, 0) is 13.2 Å². The summed E-state index contributed by atoms with van der Waals surface area (Å²) in [5.41, 5.74) is 2.57. The first-order chi connectivity index (χ1) is 14.6. The second kappa shape index (κ2) is 9.37. The minimum Gasteiger partial charge on any atom is -0.486 e. The molecule has 0 bridgehead atoms. The molecular weight excluding hydrogens is 400 g/mol. The first-order valence-electron chi connectivity index (χ1n) is 10.1. The van der Waals surface area contributed by atoms with Crippen LogP contribution in [0.25, 0.3) is 0 Å². The van der Waals surface area contributed by atoms with Gasteiger partial charge >= 0.3 is 0 Å². The summed E-state index contributed by atoms with van der Waals surface area (Å²) in [4.78, 5) is 17.0. The van der Waals surface area contributed by atoms with Gasteiger partial charge in [-0.3, -0.25) is 9.69 Å². The summed E-state index contributed by atoms with van der Waals surface area (Å²) in [6.07, 6.45) is 0. The zero-order chi connectivity index (χ0) is 20.9. The number of aryl methyl sites for hydroxylation is 1. The summed E-state index contributed by atoms with van der Waals surface area (Å²) in [5.74, 6) is 1.55. The number of hydrogen-bond acceptors (Lipinski definition) is 4. The first-order valence-corrected chi connectivity index (χ1v) is 10.5. The van der Waals surface area contributed by atoms with Crippen LogP contribution in [0.4, 0.5) is 0 Å². The summed E-state index contributed by atoms with van der Waals surface area (Å²) in [7, 11) is 0. The van der Waals surface area contributed by atoms with Gasteiger partial charge in [0.25, 0.3) is 5.91 Å². The molecule has 0 radical (unpaired) electrons. The SMILES string of the molecule is Cc1ccc(CN2CCN(C(=O)c3ccc(COc4cccc(Cl)c4)o3)CC2)cc1. The number of rotatable bonds is 6. The lowest BCUT2D eigenvalue weighted by Gasteiger charge is -2.34. The molecule has 6 heteroatoms. The molecule has 3 aromatic rings. The molecule has 1 fully saturated rings. The molecule has 30 heavy (non-hydrogen) atoms. The number of nitrogens with zero attached hydrogens (tertiary/aromatic N) is 2. The molecule has 2 heterocycles. The average Bonchev–Trinajstić information content (AvgIpc) is 3.23. The summed E-state index contributed by atoms with van der Waals surface area (Å²) < 4.78 is 11.4. The molecule has 0 spiro atoms. The molecule has 0 saturated carbocycles. The summed E-state index contributed by atoms with van der Waals surface area (Å²) >= 11 is 5.96. The summed E-state index contributed by atoms with van der Waals surface area (Å²) in [6, 6.07) is 19.3. The highest BCUT2D eigenvalue weighted by Gasteiger charge is 2.24. The highest BCUT2D eigenvalue weighted by molar-refractivity contribution is 6.30. The van der Waals surface area contributed by atoms with E-state index in [-0.39, 0.29) is 12.5 Å². The van der Waals surface area contributed by atoms with Crippen LogP contribution in [0, 0.1) is 6.92 Å². The Bertz CT molecular complexity index is 992. The molecule has 1 aliphatic heterocycles. The molecule has 156 valence electrons. The van der Waals surface area contributed by atoms with Crippen molar-refractivity contribution in [1.82, 2.24) is 9.80 Å². The quantitative estimate of drug-likeness (QED) is 0.571. The smallest absolute Gasteiger partial charge is 0.289 e. The van der Waals surface area contributed by atoms with Gasteiger partial charge in [0.2, 0.25) is 0 Å². The van der Waals surface area contributed by atoms with Crippen LogP contribution < -0.4 is 4.74 Å². The minimum absolute atomic E-state index is 0.0704. The number of furan rings is 1. The number of hydrogen-bond donors (Lipinski definition) is 0. The molecule has 0 atom stereocenters. The number of amides is 1. The molecule has 0 unspecified atom stereocenters. The van der Waals surface area contributed by atoms with E-state index in [0.29, 0.717) is 35.4 Å². The number of ether oxygens (including phenoxy) is 1. The molecule has 1 amide bonds. The Morgan fingerprint density at radius 1 is 1.03 bits per heavy atom. The van der Waals surface area contributed by atoms with Crippen molar-refractivity contribution in [1.29, 1.82) is 0 Å². The van der Waals surface area contributed by atoms with Gasteiger partial charge in [-0.05, 0) is 42.8 Å². The van der Waals surface area contributed by atoms with E-state index in [4.69, 9.17) is 20.8 Å². The predicted octanol–water partition coefficient (Wildman–Crippen LogP) is 4.78. The van der Waals surface area contributed by atoms with Crippen molar-refractivity contribution in [2.75, 3.05) is 26.2 Å². The third-order valence-corrected chi connectivity index (χ3v) is 5.47. The lowest BCUT2D eigenvalue weighted by Crippen LogP contribution is -2.48. The molecule has 1 aliphatic rings. The number of piperazine rings is 1. The molecule has 1 aromatic heterocycles. The predicted molar refractivity (Wildman–Crippen MR) is 117 cm³/mol. The lowest BCUT2D eigenvalue weighted by molar-refractivity contribution is 0.0594. The molecule has 4 rings (SSSR count). The number of halogens is 1. The van der Waals surface area contributed by atoms with E-state index in [0.717, 1.165) is 19.6 Å². The molecule has 0 N–H and O–H groups in total. The van der Waals surface area contributed by atoms with Crippen LogP contribution in [0.2, 0.25) is 5.02 Å². The van der Waals surface area contributed by atoms with Crippen LogP contribution in [0.15, 0.2) is 65.1 Å². The summed E-state index contributed by atoms with van der Waals surface area (Å²) in [5, 5.41) is 0.615. The highest BCUT2D eigenvalue weighted by atomic mass is 35.5. The van der Waals surface area contributed by atoms with Gasteiger partial charge in [0.1, 0.15) is 18.1 Å².